The van der Waals surface area contributed by atoms with Crippen molar-refractivity contribution in [3.05, 3.63) is 58.9 Å². The molecular weight excluding hydrogens is 271 g/mol. The monoisotopic (exact) mass is 288 g/mol. The number of aryl methyl sites for hydroxylation is 1. The zero-order valence-electron chi connectivity index (χ0n) is 11.9. The first-order chi connectivity index (χ1) is 10.0. The molecule has 0 aliphatic carbocycles. The number of nitrogens with two attached hydrogens (primary N) is 1. The normalized spacial score (nSPS) is 10.2. The maximum atomic E-state index is 13.7. The van der Waals surface area contributed by atoms with Gasteiger partial charge >= 0.3 is 0 Å². The SMILES string of the molecule is COc1ccc(C(N)=O)cc1NCc1cc(C)ccc1F. The van der Waals surface area contributed by atoms with Crippen molar-refractivity contribution in [3.8, 4) is 5.75 Å². The summed E-state index contributed by atoms with van der Waals surface area (Å²) in [7, 11) is 1.53. The van der Waals surface area contributed by atoms with E-state index in [1.165, 1.54) is 13.2 Å². The van der Waals surface area contributed by atoms with E-state index in [-0.39, 0.29) is 12.4 Å². The number of methoxy groups -OCH3 is 1. The third kappa shape index (κ3) is 3.51. The maximum absolute atomic E-state index is 13.7. The zero-order chi connectivity index (χ0) is 15.4. The number of anilines is 1. The molecule has 0 saturated heterocycles. The summed E-state index contributed by atoms with van der Waals surface area (Å²) in [6, 6.07) is 9.74. The Kier molecular flexibility index (Phi) is 4.42. The maximum Gasteiger partial charge on any atom is 0.248 e. The van der Waals surface area contributed by atoms with Gasteiger partial charge < -0.3 is 15.8 Å². The quantitative estimate of drug-likeness (QED) is 0.889. The summed E-state index contributed by atoms with van der Waals surface area (Å²) in [5, 5.41) is 3.07. The van der Waals surface area contributed by atoms with Gasteiger partial charge in [0.05, 0.1) is 12.8 Å². The van der Waals surface area contributed by atoms with E-state index < -0.39 is 5.91 Å². The van der Waals surface area contributed by atoms with Gasteiger partial charge in [0, 0.05) is 17.7 Å². The molecule has 5 heteroatoms. The Hall–Kier alpha value is -2.56. The number of carbonyl (C=O) groups is 1. The predicted octanol–water partition coefficient (Wildman–Crippen LogP) is 2.85. The number of primary amides is 1. The van der Waals surface area contributed by atoms with Crippen LogP contribution in [0.3, 0.4) is 0 Å². The van der Waals surface area contributed by atoms with Crippen LogP contribution in [0.15, 0.2) is 36.4 Å². The molecule has 0 fully saturated rings. The summed E-state index contributed by atoms with van der Waals surface area (Å²) >= 11 is 0. The molecule has 1 amide bonds. The van der Waals surface area contributed by atoms with Gasteiger partial charge in [-0.2, -0.15) is 0 Å². The lowest BCUT2D eigenvalue weighted by molar-refractivity contribution is 0.100. The van der Waals surface area contributed by atoms with Gasteiger partial charge in [-0.1, -0.05) is 17.7 Å². The van der Waals surface area contributed by atoms with Crippen LogP contribution in [0.25, 0.3) is 0 Å². The lowest BCUT2D eigenvalue weighted by atomic mass is 10.1. The van der Waals surface area contributed by atoms with E-state index in [9.17, 15) is 9.18 Å². The minimum atomic E-state index is -0.526. The van der Waals surface area contributed by atoms with Gasteiger partial charge in [0.1, 0.15) is 11.6 Å². The summed E-state index contributed by atoms with van der Waals surface area (Å²) in [6.45, 7) is 2.18. The van der Waals surface area contributed by atoms with Crippen LogP contribution in [0.5, 0.6) is 5.75 Å². The Morgan fingerprint density at radius 1 is 1.29 bits per heavy atom. The third-order valence-corrected chi connectivity index (χ3v) is 3.15. The summed E-state index contributed by atoms with van der Waals surface area (Å²) in [5.74, 6) is -0.242. The highest BCUT2D eigenvalue weighted by atomic mass is 19.1. The van der Waals surface area contributed by atoms with Crippen molar-refractivity contribution in [1.82, 2.24) is 0 Å². The summed E-state index contributed by atoms with van der Waals surface area (Å²) < 4.78 is 18.9. The highest BCUT2D eigenvalue weighted by Gasteiger charge is 2.09. The van der Waals surface area contributed by atoms with Crippen molar-refractivity contribution in [2.75, 3.05) is 12.4 Å². The van der Waals surface area contributed by atoms with Gasteiger partial charge in [-0.25, -0.2) is 4.39 Å². The van der Waals surface area contributed by atoms with Gasteiger partial charge in [0.15, 0.2) is 0 Å². The number of nitrogens with one attached hydrogen (secondary N) is 1. The van der Waals surface area contributed by atoms with Crippen LogP contribution in [-0.2, 0) is 6.54 Å². The smallest absolute Gasteiger partial charge is 0.248 e. The van der Waals surface area contributed by atoms with E-state index in [2.05, 4.69) is 5.32 Å². The summed E-state index contributed by atoms with van der Waals surface area (Å²) in [4.78, 5) is 11.2. The minimum absolute atomic E-state index is 0.280. The standard InChI is InChI=1S/C16H17FN2O2/c1-10-3-5-13(17)12(7-10)9-19-14-8-11(16(18)20)4-6-15(14)21-2/h3-8,19H,9H2,1-2H3,(H2,18,20). The van der Waals surface area contributed by atoms with E-state index in [0.29, 0.717) is 22.6 Å². The fourth-order valence-corrected chi connectivity index (χ4v) is 2.03. The average molecular weight is 288 g/mol. The Morgan fingerprint density at radius 3 is 2.71 bits per heavy atom. The Morgan fingerprint density at radius 2 is 2.05 bits per heavy atom. The number of hydrogen-bond acceptors (Lipinski definition) is 3. The van der Waals surface area contributed by atoms with Crippen molar-refractivity contribution < 1.29 is 13.9 Å². The molecule has 0 aromatic heterocycles. The molecule has 0 aliphatic rings. The van der Waals surface area contributed by atoms with Crippen LogP contribution in [0.4, 0.5) is 10.1 Å². The van der Waals surface area contributed by atoms with Crippen LogP contribution in [0, 0.1) is 12.7 Å². The third-order valence-electron chi connectivity index (χ3n) is 3.15. The number of amides is 1. The molecule has 0 saturated carbocycles. The predicted molar refractivity (Wildman–Crippen MR) is 80.0 cm³/mol. The first-order valence-corrected chi connectivity index (χ1v) is 6.48. The van der Waals surface area contributed by atoms with Crippen LogP contribution in [-0.4, -0.2) is 13.0 Å². The van der Waals surface area contributed by atoms with E-state index in [0.717, 1.165) is 5.56 Å². The molecule has 2 aromatic carbocycles. The molecule has 0 bridgehead atoms. The molecule has 2 rings (SSSR count). The lowest BCUT2D eigenvalue weighted by Gasteiger charge is -2.13. The molecule has 110 valence electrons. The molecule has 0 unspecified atom stereocenters. The van der Waals surface area contributed by atoms with Gasteiger partial charge in [-0.15, -0.1) is 0 Å². The van der Waals surface area contributed by atoms with Crippen molar-refractivity contribution in [2.45, 2.75) is 13.5 Å². The molecule has 0 spiro atoms. The Bertz CT molecular complexity index is 671. The number of ether oxygens (including phenoxy) is 1. The van der Waals surface area contributed by atoms with Crippen molar-refractivity contribution in [2.24, 2.45) is 5.73 Å². The first kappa shape index (κ1) is 14.8. The van der Waals surface area contributed by atoms with Gasteiger partial charge in [0.25, 0.3) is 0 Å². The van der Waals surface area contributed by atoms with Crippen molar-refractivity contribution in [3.63, 3.8) is 0 Å². The molecule has 0 aliphatic heterocycles. The van der Waals surface area contributed by atoms with Crippen LogP contribution in [0.2, 0.25) is 0 Å². The topological polar surface area (TPSA) is 64.3 Å². The molecule has 0 atom stereocenters. The number of halogens is 1. The molecule has 0 radical (unpaired) electrons. The second-order valence-electron chi connectivity index (χ2n) is 4.73. The minimum Gasteiger partial charge on any atom is -0.495 e. The lowest BCUT2D eigenvalue weighted by Crippen LogP contribution is -2.12. The number of carbonyl (C=O) groups excluding carboxylic acids is 1. The second kappa shape index (κ2) is 6.26. The van der Waals surface area contributed by atoms with Gasteiger partial charge in [-0.3, -0.25) is 4.79 Å². The van der Waals surface area contributed by atoms with Crippen LogP contribution in [0.1, 0.15) is 21.5 Å². The van der Waals surface area contributed by atoms with E-state index >= 15 is 0 Å². The van der Waals surface area contributed by atoms with Gasteiger partial charge in [0.2, 0.25) is 5.91 Å². The number of rotatable bonds is 5. The van der Waals surface area contributed by atoms with Crippen LogP contribution >= 0.6 is 0 Å². The second-order valence-corrected chi connectivity index (χ2v) is 4.73. The first-order valence-electron chi connectivity index (χ1n) is 6.48. The van der Waals surface area contributed by atoms with Crippen molar-refractivity contribution in [1.29, 1.82) is 0 Å². The molecule has 3 N–H and O–H groups in total. The average Bonchev–Trinajstić information content (AvgIpc) is 2.47. The largest absolute Gasteiger partial charge is 0.495 e. The van der Waals surface area contributed by atoms with E-state index in [4.69, 9.17) is 10.5 Å². The fraction of sp³-hybridized carbons (Fsp3) is 0.188. The molecule has 0 heterocycles. The number of benzene rings is 2. The molecule has 4 nitrogen and oxygen atoms in total. The van der Waals surface area contributed by atoms with Gasteiger partial charge in [-0.05, 0) is 31.2 Å². The highest BCUT2D eigenvalue weighted by molar-refractivity contribution is 5.94. The van der Waals surface area contributed by atoms with E-state index in [1.807, 2.05) is 6.92 Å². The fourth-order valence-electron chi connectivity index (χ4n) is 2.03. The summed E-state index contributed by atoms with van der Waals surface area (Å²) in [5.41, 5.74) is 7.74. The van der Waals surface area contributed by atoms with Crippen LogP contribution < -0.4 is 15.8 Å². The van der Waals surface area contributed by atoms with E-state index in [1.54, 1.807) is 30.3 Å². The molecule has 2 aromatic rings. The Labute approximate surface area is 122 Å². The number of hydrogen-bond donors (Lipinski definition) is 2. The Balaban J connectivity index is 2.24. The van der Waals surface area contributed by atoms with Crippen molar-refractivity contribution >= 4 is 11.6 Å². The zero-order valence-corrected chi connectivity index (χ0v) is 11.9. The summed E-state index contributed by atoms with van der Waals surface area (Å²) in [6.07, 6.45) is 0. The highest BCUT2D eigenvalue weighted by Crippen LogP contribution is 2.26. The molecular formula is C16H17FN2O2. The molecule has 21 heavy (non-hydrogen) atoms.